The van der Waals surface area contributed by atoms with Crippen molar-refractivity contribution in [2.45, 2.75) is 31.6 Å². The number of hydrogen-bond donors (Lipinski definition) is 1. The van der Waals surface area contributed by atoms with Crippen LogP contribution >= 0.6 is 0 Å². The zero-order valence-electron chi connectivity index (χ0n) is 11.9. The molecule has 0 unspecified atom stereocenters. The monoisotopic (exact) mass is 293 g/mol. The summed E-state index contributed by atoms with van der Waals surface area (Å²) in [6, 6.07) is 8.57. The van der Waals surface area contributed by atoms with E-state index in [9.17, 15) is 14.7 Å². The minimum Gasteiger partial charge on any atom is -0.467 e. The highest BCUT2D eigenvalue weighted by Gasteiger charge is 2.37. The molecule has 6 heteroatoms. The first-order valence-corrected chi connectivity index (χ1v) is 6.85. The van der Waals surface area contributed by atoms with Gasteiger partial charge in [-0.15, -0.1) is 0 Å². The summed E-state index contributed by atoms with van der Waals surface area (Å²) in [4.78, 5) is 25.1. The summed E-state index contributed by atoms with van der Waals surface area (Å²) in [5, 5.41) is 9.68. The number of hydrogen-bond acceptors (Lipinski definition) is 5. The number of aliphatic hydroxyl groups excluding tert-OH is 1. The van der Waals surface area contributed by atoms with Crippen molar-refractivity contribution in [3.05, 3.63) is 35.9 Å². The van der Waals surface area contributed by atoms with E-state index in [1.54, 1.807) is 0 Å². The molecule has 21 heavy (non-hydrogen) atoms. The second kappa shape index (κ2) is 7.08. The molecule has 0 aliphatic carbocycles. The highest BCUT2D eigenvalue weighted by molar-refractivity contribution is 5.81. The van der Waals surface area contributed by atoms with E-state index in [4.69, 9.17) is 9.47 Å². The van der Waals surface area contributed by atoms with Gasteiger partial charge in [0, 0.05) is 0 Å². The normalized spacial score (nSPS) is 21.7. The molecule has 114 valence electrons. The summed E-state index contributed by atoms with van der Waals surface area (Å²) in [6.45, 7) is 0.202. The molecule has 0 bridgehead atoms. The summed E-state index contributed by atoms with van der Waals surface area (Å²) in [5.41, 5.74) is 0.859. The Hall–Kier alpha value is -2.08. The van der Waals surface area contributed by atoms with Crippen LogP contribution < -0.4 is 0 Å². The Balaban J connectivity index is 1.98. The maximum Gasteiger partial charge on any atom is 0.410 e. The minimum atomic E-state index is -0.693. The number of amides is 1. The predicted octanol–water partition coefficient (Wildman–Crippen LogP) is 1.32. The molecule has 1 amide bonds. The Labute approximate surface area is 123 Å². The van der Waals surface area contributed by atoms with Gasteiger partial charge >= 0.3 is 12.1 Å². The van der Waals surface area contributed by atoms with Gasteiger partial charge in [-0.25, -0.2) is 9.59 Å². The molecule has 1 aliphatic rings. The van der Waals surface area contributed by atoms with Crippen molar-refractivity contribution in [3.63, 3.8) is 0 Å². The van der Waals surface area contributed by atoms with Gasteiger partial charge in [0.2, 0.25) is 0 Å². The van der Waals surface area contributed by atoms with Gasteiger partial charge in [-0.3, -0.25) is 4.90 Å². The number of carbonyl (C=O) groups excluding carboxylic acids is 2. The van der Waals surface area contributed by atoms with E-state index in [0.717, 1.165) is 5.56 Å². The number of likely N-dealkylation sites (tertiary alicyclic amines) is 1. The van der Waals surface area contributed by atoms with Crippen LogP contribution in [0.2, 0.25) is 0 Å². The van der Waals surface area contributed by atoms with E-state index in [2.05, 4.69) is 0 Å². The lowest BCUT2D eigenvalue weighted by molar-refractivity contribution is -0.148. The Bertz CT molecular complexity index is 490. The molecular formula is C15H19NO5. The fourth-order valence-electron chi connectivity index (χ4n) is 2.34. The molecule has 0 spiro atoms. The van der Waals surface area contributed by atoms with Crippen LogP contribution in [0.4, 0.5) is 4.79 Å². The average molecular weight is 293 g/mol. The molecule has 2 atom stereocenters. The van der Waals surface area contributed by atoms with E-state index >= 15 is 0 Å². The van der Waals surface area contributed by atoms with Crippen molar-refractivity contribution < 1.29 is 24.2 Å². The topological polar surface area (TPSA) is 76.1 Å². The highest BCUT2D eigenvalue weighted by atomic mass is 16.6. The number of carbonyl (C=O) groups is 2. The van der Waals surface area contributed by atoms with Crippen molar-refractivity contribution in [1.29, 1.82) is 0 Å². The number of piperidine rings is 1. The number of methoxy groups -OCH3 is 1. The lowest BCUT2D eigenvalue weighted by Gasteiger charge is -2.35. The van der Waals surface area contributed by atoms with E-state index in [1.807, 2.05) is 30.3 Å². The Morgan fingerprint density at radius 3 is 2.67 bits per heavy atom. The summed E-state index contributed by atoms with van der Waals surface area (Å²) < 4.78 is 9.91. The fourth-order valence-corrected chi connectivity index (χ4v) is 2.34. The summed E-state index contributed by atoms with van der Waals surface area (Å²) >= 11 is 0. The zero-order valence-corrected chi connectivity index (χ0v) is 11.9. The molecule has 1 aromatic rings. The van der Waals surface area contributed by atoms with Crippen molar-refractivity contribution in [2.75, 3.05) is 13.7 Å². The van der Waals surface area contributed by atoms with Crippen LogP contribution in [0, 0.1) is 0 Å². The lowest BCUT2D eigenvalue weighted by atomic mass is 10.0. The van der Waals surface area contributed by atoms with Gasteiger partial charge in [0.25, 0.3) is 0 Å². The van der Waals surface area contributed by atoms with Crippen molar-refractivity contribution >= 4 is 12.1 Å². The van der Waals surface area contributed by atoms with Crippen molar-refractivity contribution in [2.24, 2.45) is 0 Å². The lowest BCUT2D eigenvalue weighted by Crippen LogP contribution is -2.52. The molecule has 1 aromatic carbocycles. The van der Waals surface area contributed by atoms with Gasteiger partial charge in [-0.1, -0.05) is 30.3 Å². The Kier molecular flexibility index (Phi) is 5.16. The van der Waals surface area contributed by atoms with Gasteiger partial charge in [0.15, 0.2) is 0 Å². The zero-order chi connectivity index (χ0) is 15.2. The van der Waals surface area contributed by atoms with Gasteiger partial charge in [-0.05, 0) is 18.4 Å². The maximum absolute atomic E-state index is 12.1. The fraction of sp³-hybridized carbons (Fsp3) is 0.467. The number of β-amino-alcohol motifs (C(OH)–C–C–N with tert-alkyl or cyclic N) is 1. The first-order valence-electron chi connectivity index (χ1n) is 6.85. The van der Waals surface area contributed by atoms with Gasteiger partial charge < -0.3 is 14.6 Å². The predicted molar refractivity (Wildman–Crippen MR) is 74.4 cm³/mol. The molecule has 6 nitrogen and oxygen atoms in total. The van der Waals surface area contributed by atoms with Crippen molar-refractivity contribution in [3.8, 4) is 0 Å². The first-order chi connectivity index (χ1) is 10.1. The second-order valence-electron chi connectivity index (χ2n) is 4.96. The van der Waals surface area contributed by atoms with E-state index in [-0.39, 0.29) is 13.2 Å². The van der Waals surface area contributed by atoms with Crippen LogP contribution in [0.1, 0.15) is 18.4 Å². The van der Waals surface area contributed by atoms with Crippen LogP contribution in [0.3, 0.4) is 0 Å². The van der Waals surface area contributed by atoms with Gasteiger partial charge in [-0.2, -0.15) is 0 Å². The van der Waals surface area contributed by atoms with E-state index in [0.29, 0.717) is 12.8 Å². The Morgan fingerprint density at radius 1 is 1.29 bits per heavy atom. The third-order valence-electron chi connectivity index (χ3n) is 3.47. The van der Waals surface area contributed by atoms with Crippen molar-refractivity contribution in [1.82, 2.24) is 4.90 Å². The van der Waals surface area contributed by atoms with Crippen LogP contribution in [0.5, 0.6) is 0 Å². The number of benzene rings is 1. The Morgan fingerprint density at radius 2 is 2.00 bits per heavy atom. The average Bonchev–Trinajstić information content (AvgIpc) is 2.52. The molecule has 0 radical (unpaired) electrons. The summed E-state index contributed by atoms with van der Waals surface area (Å²) in [7, 11) is 1.28. The summed E-state index contributed by atoms with van der Waals surface area (Å²) in [5.74, 6) is -0.487. The number of nitrogens with zero attached hydrogens (tertiary/aromatic N) is 1. The van der Waals surface area contributed by atoms with E-state index in [1.165, 1.54) is 12.0 Å². The number of rotatable bonds is 3. The quantitative estimate of drug-likeness (QED) is 0.851. The molecule has 2 rings (SSSR count). The molecule has 1 heterocycles. The van der Waals surface area contributed by atoms with Crippen LogP contribution in [-0.2, 0) is 20.9 Å². The van der Waals surface area contributed by atoms with E-state index < -0.39 is 24.2 Å². The third-order valence-corrected chi connectivity index (χ3v) is 3.47. The standard InChI is InChI=1S/C15H19NO5/c1-20-14(18)13-8-7-12(17)9-16(13)15(19)21-10-11-5-3-2-4-6-11/h2-6,12-13,17H,7-10H2,1H3/t12-,13+/m0/s1. The number of aliphatic hydroxyl groups is 1. The van der Waals surface area contributed by atoms with Gasteiger partial charge in [0.05, 0.1) is 19.8 Å². The second-order valence-corrected chi connectivity index (χ2v) is 4.96. The first kappa shape index (κ1) is 15.3. The molecular weight excluding hydrogens is 274 g/mol. The minimum absolute atomic E-state index is 0.0768. The number of esters is 1. The molecule has 0 saturated carbocycles. The largest absolute Gasteiger partial charge is 0.467 e. The molecule has 1 fully saturated rings. The molecule has 1 aliphatic heterocycles. The van der Waals surface area contributed by atoms with Gasteiger partial charge in [0.1, 0.15) is 12.6 Å². The SMILES string of the molecule is COC(=O)[C@H]1CC[C@H](O)CN1C(=O)OCc1ccccc1. The van der Waals surface area contributed by atoms with Crippen LogP contribution in [0.15, 0.2) is 30.3 Å². The molecule has 0 aromatic heterocycles. The highest BCUT2D eigenvalue weighted by Crippen LogP contribution is 2.20. The third kappa shape index (κ3) is 3.95. The summed E-state index contributed by atoms with van der Waals surface area (Å²) in [6.07, 6.45) is -0.431. The smallest absolute Gasteiger partial charge is 0.410 e. The maximum atomic E-state index is 12.1. The van der Waals surface area contributed by atoms with Crippen LogP contribution in [0.25, 0.3) is 0 Å². The molecule has 1 saturated heterocycles. The number of ether oxygens (including phenoxy) is 2. The molecule has 1 N–H and O–H groups in total. The van der Waals surface area contributed by atoms with Crippen LogP contribution in [-0.4, -0.2) is 47.9 Å².